The summed E-state index contributed by atoms with van der Waals surface area (Å²) in [5.41, 5.74) is 1.77. The van der Waals surface area contributed by atoms with Crippen molar-refractivity contribution in [1.82, 2.24) is 25.3 Å². The molecule has 8 nitrogen and oxygen atoms in total. The molecule has 0 atom stereocenters. The van der Waals surface area contributed by atoms with Crippen LogP contribution in [-0.2, 0) is 28.9 Å². The van der Waals surface area contributed by atoms with Crippen molar-refractivity contribution in [1.29, 1.82) is 0 Å². The molecule has 1 aromatic rings. The molecule has 1 aliphatic heterocycles. The van der Waals surface area contributed by atoms with Crippen molar-refractivity contribution < 1.29 is 22.8 Å². The lowest BCUT2D eigenvalue weighted by molar-refractivity contribution is -0.151. The number of alkyl halides is 3. The Bertz CT molecular complexity index is 489. The van der Waals surface area contributed by atoms with Crippen LogP contribution in [0.2, 0.25) is 0 Å². The number of hydrogen-bond donors (Lipinski definition) is 2. The molecular formula is C9H13F3N6O2. The van der Waals surface area contributed by atoms with Crippen LogP contribution in [0.25, 0.3) is 0 Å². The van der Waals surface area contributed by atoms with Gasteiger partial charge in [-0.25, -0.2) is 5.84 Å². The Kier molecular flexibility index (Phi) is 4.20. The van der Waals surface area contributed by atoms with E-state index >= 15 is 0 Å². The third-order valence-corrected chi connectivity index (χ3v) is 2.89. The third-order valence-electron chi connectivity index (χ3n) is 2.89. The number of hydrazine groups is 1. The molecule has 0 aliphatic carbocycles. The molecular weight excluding hydrogens is 281 g/mol. The highest BCUT2D eigenvalue weighted by molar-refractivity contribution is 5.69. The predicted molar refractivity (Wildman–Crippen MR) is 58.3 cm³/mol. The number of fused-ring (bicyclic) bond motifs is 1. The van der Waals surface area contributed by atoms with Crippen molar-refractivity contribution in [3.63, 3.8) is 0 Å². The summed E-state index contributed by atoms with van der Waals surface area (Å²) >= 11 is 0. The van der Waals surface area contributed by atoms with Crippen molar-refractivity contribution >= 4 is 5.97 Å². The van der Waals surface area contributed by atoms with Crippen LogP contribution in [0.4, 0.5) is 13.2 Å². The maximum absolute atomic E-state index is 12.6. The molecule has 0 radical (unpaired) electrons. The molecule has 0 saturated heterocycles. The van der Waals surface area contributed by atoms with Crippen LogP contribution < -0.4 is 11.4 Å². The van der Waals surface area contributed by atoms with Crippen LogP contribution in [0.5, 0.6) is 0 Å². The Balaban J connectivity index is 1.95. The molecule has 0 fully saturated rings. The van der Waals surface area contributed by atoms with Gasteiger partial charge in [0.2, 0.25) is 5.82 Å². The van der Waals surface area contributed by atoms with Crippen LogP contribution in [-0.4, -0.2) is 38.7 Å². The minimum atomic E-state index is -4.51. The second-order valence-electron chi connectivity index (χ2n) is 4.21. The van der Waals surface area contributed by atoms with Gasteiger partial charge in [0, 0.05) is 19.6 Å². The molecule has 20 heavy (non-hydrogen) atoms. The van der Waals surface area contributed by atoms with Crippen molar-refractivity contribution in [3.8, 4) is 0 Å². The van der Waals surface area contributed by atoms with E-state index in [4.69, 9.17) is 5.84 Å². The molecule has 1 aliphatic rings. The van der Waals surface area contributed by atoms with Crippen LogP contribution in [0.1, 0.15) is 18.1 Å². The Morgan fingerprint density at radius 3 is 2.80 bits per heavy atom. The fourth-order valence-corrected chi connectivity index (χ4v) is 1.97. The zero-order valence-corrected chi connectivity index (χ0v) is 10.4. The number of nitrogens with two attached hydrogens (primary N) is 1. The first-order chi connectivity index (χ1) is 9.41. The van der Waals surface area contributed by atoms with Gasteiger partial charge in [0.05, 0.1) is 13.0 Å². The van der Waals surface area contributed by atoms with Crippen LogP contribution >= 0.6 is 0 Å². The first kappa shape index (κ1) is 14.7. The van der Waals surface area contributed by atoms with Gasteiger partial charge >= 0.3 is 12.1 Å². The zero-order valence-electron chi connectivity index (χ0n) is 10.4. The molecule has 112 valence electrons. The summed E-state index contributed by atoms with van der Waals surface area (Å²) in [7, 11) is 0. The van der Waals surface area contributed by atoms with Crippen molar-refractivity contribution in [2.45, 2.75) is 25.7 Å². The quantitative estimate of drug-likeness (QED) is 0.566. The van der Waals surface area contributed by atoms with Crippen LogP contribution in [0, 0.1) is 0 Å². The first-order valence-electron chi connectivity index (χ1n) is 5.78. The fourth-order valence-electron chi connectivity index (χ4n) is 1.97. The Labute approximate surface area is 111 Å². The topological polar surface area (TPSA) is 98.3 Å². The van der Waals surface area contributed by atoms with Gasteiger partial charge in [-0.15, -0.1) is 10.2 Å². The Morgan fingerprint density at radius 2 is 2.15 bits per heavy atom. The number of nitrogens with zero attached hydrogens (tertiary/aromatic N) is 4. The number of hydrogen-bond acceptors (Lipinski definition) is 7. The molecule has 3 N–H and O–H groups in total. The van der Waals surface area contributed by atoms with Crippen LogP contribution in [0.3, 0.4) is 0 Å². The highest BCUT2D eigenvalue weighted by Crippen LogP contribution is 2.29. The molecule has 2 rings (SSSR count). The summed E-state index contributed by atoms with van der Waals surface area (Å²) < 4.78 is 38.9. The van der Waals surface area contributed by atoms with Gasteiger partial charge < -0.3 is 9.40 Å². The summed E-state index contributed by atoms with van der Waals surface area (Å²) in [4.78, 5) is 17.2. The van der Waals surface area contributed by atoms with Gasteiger partial charge in [-0.3, -0.25) is 9.69 Å². The minimum Gasteiger partial charge on any atom is -0.356 e. The molecule has 11 heteroatoms. The Morgan fingerprint density at radius 1 is 1.40 bits per heavy atom. The average Bonchev–Trinajstić information content (AvgIpc) is 2.79. The molecule has 0 unspecified atom stereocenters. The van der Waals surface area contributed by atoms with E-state index in [0.717, 1.165) is 4.57 Å². The molecule has 1 aromatic heterocycles. The van der Waals surface area contributed by atoms with Gasteiger partial charge in [-0.1, -0.05) is 5.59 Å². The number of carbonyl (C=O) groups is 1. The van der Waals surface area contributed by atoms with Crippen molar-refractivity contribution in [3.05, 3.63) is 11.6 Å². The van der Waals surface area contributed by atoms with Gasteiger partial charge in [-0.05, 0) is 0 Å². The second kappa shape index (κ2) is 5.73. The van der Waals surface area contributed by atoms with Crippen LogP contribution in [0.15, 0.2) is 0 Å². The van der Waals surface area contributed by atoms with Gasteiger partial charge in [0.15, 0.2) is 0 Å². The highest BCUT2D eigenvalue weighted by atomic mass is 19.4. The van der Waals surface area contributed by atoms with E-state index in [-0.39, 0.29) is 25.3 Å². The van der Waals surface area contributed by atoms with E-state index in [1.807, 2.05) is 0 Å². The highest BCUT2D eigenvalue weighted by Gasteiger charge is 2.39. The first-order valence-corrected chi connectivity index (χ1v) is 5.78. The third kappa shape index (κ3) is 3.23. The van der Waals surface area contributed by atoms with E-state index in [9.17, 15) is 18.0 Å². The van der Waals surface area contributed by atoms with E-state index < -0.39 is 18.0 Å². The van der Waals surface area contributed by atoms with E-state index in [2.05, 4.69) is 15.0 Å². The summed E-state index contributed by atoms with van der Waals surface area (Å²) in [5, 5.41) is 6.71. The maximum Gasteiger partial charge on any atom is 0.451 e. The number of halogens is 3. The Hall–Kier alpha value is -1.72. The predicted octanol–water partition coefficient (Wildman–Crippen LogP) is -0.576. The molecule has 0 bridgehead atoms. The standard InChI is InChI=1S/C9H13F3N6O2/c10-9(11,12)8-15-14-6-5-17(3-4-18(6)8)2-1-7(19)20-16-13/h16H,1-5,13H2. The molecule has 0 amide bonds. The fraction of sp³-hybridized carbons (Fsp3) is 0.667. The summed E-state index contributed by atoms with van der Waals surface area (Å²) in [6.45, 7) is 1.04. The lowest BCUT2D eigenvalue weighted by atomic mass is 10.3. The second-order valence-corrected chi connectivity index (χ2v) is 4.21. The number of carbonyl (C=O) groups excluding carboxylic acids is 1. The minimum absolute atomic E-state index is 0.0739. The van der Waals surface area contributed by atoms with Crippen molar-refractivity contribution in [2.75, 3.05) is 13.1 Å². The summed E-state index contributed by atoms with van der Waals surface area (Å²) in [5.74, 6) is 3.51. The molecule has 0 spiro atoms. The number of aromatic nitrogens is 3. The average molecular weight is 294 g/mol. The monoisotopic (exact) mass is 294 g/mol. The largest absolute Gasteiger partial charge is 0.451 e. The zero-order chi connectivity index (χ0) is 14.8. The number of nitrogens with one attached hydrogen (secondary N) is 1. The molecule has 0 aromatic carbocycles. The lowest BCUT2D eigenvalue weighted by Gasteiger charge is -2.27. The maximum atomic E-state index is 12.6. The van der Waals surface area contributed by atoms with Gasteiger partial charge in [0.25, 0.3) is 0 Å². The van der Waals surface area contributed by atoms with Crippen molar-refractivity contribution in [2.24, 2.45) is 5.84 Å². The molecule has 0 saturated carbocycles. The molecule has 2 heterocycles. The van der Waals surface area contributed by atoms with Gasteiger partial charge in [-0.2, -0.15) is 13.2 Å². The summed E-state index contributed by atoms with van der Waals surface area (Å²) in [6, 6.07) is 0. The van der Waals surface area contributed by atoms with E-state index in [1.165, 1.54) is 0 Å². The van der Waals surface area contributed by atoms with E-state index in [0.29, 0.717) is 13.1 Å². The van der Waals surface area contributed by atoms with Gasteiger partial charge in [0.1, 0.15) is 5.82 Å². The smallest absolute Gasteiger partial charge is 0.356 e. The lowest BCUT2D eigenvalue weighted by Crippen LogP contribution is -2.37. The summed E-state index contributed by atoms with van der Waals surface area (Å²) in [6.07, 6.45) is -4.44. The number of rotatable bonds is 4. The van der Waals surface area contributed by atoms with E-state index in [1.54, 1.807) is 10.5 Å². The SMILES string of the molecule is NNOC(=O)CCN1CCn2c(nnc2C(F)(F)F)C1. The normalized spacial score (nSPS) is 16.0.